The SMILES string of the molecule is CNCCC1CCN(C(=O)c2ccc(C(=O)NCC(C)(C)C)cc2)CC1.Cl. The molecular formula is C21H34ClN3O2. The summed E-state index contributed by atoms with van der Waals surface area (Å²) in [6, 6.07) is 7.01. The van der Waals surface area contributed by atoms with Crippen LogP contribution in [0.4, 0.5) is 0 Å². The van der Waals surface area contributed by atoms with Gasteiger partial charge in [0.2, 0.25) is 0 Å². The summed E-state index contributed by atoms with van der Waals surface area (Å²) in [5, 5.41) is 6.13. The molecule has 152 valence electrons. The third-order valence-corrected chi connectivity index (χ3v) is 4.88. The van der Waals surface area contributed by atoms with Gasteiger partial charge in [-0.25, -0.2) is 0 Å². The maximum atomic E-state index is 12.7. The zero-order valence-corrected chi connectivity index (χ0v) is 17.8. The van der Waals surface area contributed by atoms with E-state index in [1.165, 1.54) is 6.42 Å². The Morgan fingerprint density at radius 1 is 1.07 bits per heavy atom. The van der Waals surface area contributed by atoms with Crippen molar-refractivity contribution in [1.29, 1.82) is 0 Å². The van der Waals surface area contributed by atoms with Crippen molar-refractivity contribution in [3.05, 3.63) is 35.4 Å². The summed E-state index contributed by atoms with van der Waals surface area (Å²) in [6.07, 6.45) is 3.32. The van der Waals surface area contributed by atoms with Gasteiger partial charge in [0.1, 0.15) is 0 Å². The van der Waals surface area contributed by atoms with E-state index < -0.39 is 0 Å². The molecule has 0 spiro atoms. The molecule has 1 saturated heterocycles. The van der Waals surface area contributed by atoms with Crippen LogP contribution in [0.25, 0.3) is 0 Å². The highest BCUT2D eigenvalue weighted by Crippen LogP contribution is 2.21. The number of carbonyl (C=O) groups is 2. The standard InChI is InChI=1S/C21H33N3O2.ClH/c1-21(2,3)15-23-19(25)17-5-7-18(8-6-17)20(26)24-13-10-16(11-14-24)9-12-22-4;/h5-8,16,22H,9-15H2,1-4H3,(H,23,25);1H. The number of amides is 2. The lowest BCUT2D eigenvalue weighted by atomic mass is 9.93. The Hall–Kier alpha value is -1.59. The second kappa shape index (κ2) is 10.7. The predicted octanol–water partition coefficient (Wildman–Crippen LogP) is 3.35. The van der Waals surface area contributed by atoms with E-state index in [-0.39, 0.29) is 29.6 Å². The van der Waals surface area contributed by atoms with Gasteiger partial charge in [-0.05, 0) is 68.5 Å². The van der Waals surface area contributed by atoms with Crippen molar-refractivity contribution in [2.75, 3.05) is 33.2 Å². The number of rotatable bonds is 6. The van der Waals surface area contributed by atoms with Crippen molar-refractivity contribution < 1.29 is 9.59 Å². The van der Waals surface area contributed by atoms with Crippen molar-refractivity contribution in [3.8, 4) is 0 Å². The first-order valence-electron chi connectivity index (χ1n) is 9.62. The van der Waals surface area contributed by atoms with Crippen LogP contribution in [-0.4, -0.2) is 49.9 Å². The summed E-state index contributed by atoms with van der Waals surface area (Å²) in [5.41, 5.74) is 1.30. The number of halogens is 1. The van der Waals surface area contributed by atoms with Gasteiger partial charge in [0.15, 0.2) is 0 Å². The summed E-state index contributed by atoms with van der Waals surface area (Å²) < 4.78 is 0. The van der Waals surface area contributed by atoms with Gasteiger partial charge in [-0.1, -0.05) is 20.8 Å². The van der Waals surface area contributed by atoms with Crippen LogP contribution in [0.2, 0.25) is 0 Å². The van der Waals surface area contributed by atoms with E-state index in [0.29, 0.717) is 23.6 Å². The van der Waals surface area contributed by atoms with Gasteiger partial charge in [-0.3, -0.25) is 9.59 Å². The Morgan fingerprint density at radius 3 is 2.15 bits per heavy atom. The molecule has 0 atom stereocenters. The minimum absolute atomic E-state index is 0. The monoisotopic (exact) mass is 395 g/mol. The normalized spacial score (nSPS) is 15.2. The number of hydrogen-bond acceptors (Lipinski definition) is 3. The molecule has 1 aromatic carbocycles. The minimum atomic E-state index is -0.0933. The number of likely N-dealkylation sites (tertiary alicyclic amines) is 1. The van der Waals surface area contributed by atoms with E-state index in [1.807, 2.05) is 11.9 Å². The number of carbonyl (C=O) groups excluding carboxylic acids is 2. The van der Waals surface area contributed by atoms with Gasteiger partial charge in [0.05, 0.1) is 0 Å². The van der Waals surface area contributed by atoms with Gasteiger partial charge < -0.3 is 15.5 Å². The van der Waals surface area contributed by atoms with Crippen LogP contribution in [0.3, 0.4) is 0 Å². The molecule has 0 aromatic heterocycles. The van der Waals surface area contributed by atoms with Gasteiger partial charge >= 0.3 is 0 Å². The fourth-order valence-electron chi connectivity index (χ4n) is 3.17. The van der Waals surface area contributed by atoms with Crippen LogP contribution in [0, 0.1) is 11.3 Å². The van der Waals surface area contributed by atoms with Crippen LogP contribution >= 0.6 is 12.4 Å². The van der Waals surface area contributed by atoms with Gasteiger partial charge in [0.25, 0.3) is 11.8 Å². The minimum Gasteiger partial charge on any atom is -0.352 e. The lowest BCUT2D eigenvalue weighted by Crippen LogP contribution is -2.39. The molecule has 2 amide bonds. The van der Waals surface area contributed by atoms with Crippen LogP contribution in [0.5, 0.6) is 0 Å². The average molecular weight is 396 g/mol. The van der Waals surface area contributed by atoms with Gasteiger partial charge in [-0.2, -0.15) is 0 Å². The maximum absolute atomic E-state index is 12.7. The van der Waals surface area contributed by atoms with Crippen LogP contribution in [-0.2, 0) is 0 Å². The third kappa shape index (κ3) is 7.51. The number of benzene rings is 1. The molecule has 0 bridgehead atoms. The predicted molar refractivity (Wildman–Crippen MR) is 113 cm³/mol. The van der Waals surface area contributed by atoms with E-state index in [1.54, 1.807) is 24.3 Å². The summed E-state index contributed by atoms with van der Waals surface area (Å²) in [4.78, 5) is 26.8. The second-order valence-corrected chi connectivity index (χ2v) is 8.45. The molecule has 5 nitrogen and oxygen atoms in total. The summed E-state index contributed by atoms with van der Waals surface area (Å²) in [6.45, 7) is 9.54. The van der Waals surface area contributed by atoms with Gasteiger partial charge in [-0.15, -0.1) is 12.4 Å². The van der Waals surface area contributed by atoms with Crippen molar-refractivity contribution in [2.24, 2.45) is 11.3 Å². The van der Waals surface area contributed by atoms with Crippen LogP contribution in [0.15, 0.2) is 24.3 Å². The molecule has 2 rings (SSSR count). The maximum Gasteiger partial charge on any atom is 0.253 e. The molecule has 27 heavy (non-hydrogen) atoms. The van der Waals surface area contributed by atoms with Crippen LogP contribution < -0.4 is 10.6 Å². The second-order valence-electron chi connectivity index (χ2n) is 8.45. The Bertz CT molecular complexity index is 603. The molecule has 2 N–H and O–H groups in total. The van der Waals surface area contributed by atoms with Crippen LogP contribution in [0.1, 0.15) is 60.7 Å². The quantitative estimate of drug-likeness (QED) is 0.776. The fraction of sp³-hybridized carbons (Fsp3) is 0.619. The zero-order chi connectivity index (χ0) is 19.2. The number of nitrogens with zero attached hydrogens (tertiary/aromatic N) is 1. The number of nitrogens with one attached hydrogen (secondary N) is 2. The Morgan fingerprint density at radius 2 is 1.63 bits per heavy atom. The van der Waals surface area contributed by atoms with Crippen molar-refractivity contribution in [1.82, 2.24) is 15.5 Å². The Labute approximate surface area is 169 Å². The van der Waals surface area contributed by atoms with E-state index >= 15 is 0 Å². The van der Waals surface area contributed by atoms with E-state index in [9.17, 15) is 9.59 Å². The molecular weight excluding hydrogens is 362 g/mol. The highest BCUT2D eigenvalue weighted by atomic mass is 35.5. The molecule has 1 aliphatic rings. The summed E-state index contributed by atoms with van der Waals surface area (Å²) in [5.74, 6) is 0.684. The first-order valence-corrected chi connectivity index (χ1v) is 9.62. The van der Waals surface area contributed by atoms with Crippen molar-refractivity contribution >= 4 is 24.2 Å². The summed E-state index contributed by atoms with van der Waals surface area (Å²) in [7, 11) is 1.98. The summed E-state index contributed by atoms with van der Waals surface area (Å²) >= 11 is 0. The third-order valence-electron chi connectivity index (χ3n) is 4.88. The fourth-order valence-corrected chi connectivity index (χ4v) is 3.17. The lowest BCUT2D eigenvalue weighted by Gasteiger charge is -2.32. The van der Waals surface area contributed by atoms with E-state index in [4.69, 9.17) is 0 Å². The Kier molecular flexibility index (Phi) is 9.27. The lowest BCUT2D eigenvalue weighted by molar-refractivity contribution is 0.0686. The number of piperidine rings is 1. The van der Waals surface area contributed by atoms with Gasteiger partial charge in [0, 0.05) is 30.8 Å². The first-order chi connectivity index (χ1) is 12.3. The molecule has 6 heteroatoms. The Balaban J connectivity index is 0.00000364. The largest absolute Gasteiger partial charge is 0.352 e. The molecule has 0 unspecified atom stereocenters. The topological polar surface area (TPSA) is 61.4 Å². The molecule has 1 fully saturated rings. The smallest absolute Gasteiger partial charge is 0.253 e. The highest BCUT2D eigenvalue weighted by Gasteiger charge is 2.23. The molecule has 1 aliphatic heterocycles. The van der Waals surface area contributed by atoms with Crippen molar-refractivity contribution in [3.63, 3.8) is 0 Å². The average Bonchev–Trinajstić information content (AvgIpc) is 2.64. The molecule has 1 aromatic rings. The first kappa shape index (κ1) is 23.4. The molecule has 1 heterocycles. The highest BCUT2D eigenvalue weighted by molar-refractivity contribution is 5.97. The molecule has 0 saturated carbocycles. The molecule has 0 radical (unpaired) electrons. The van der Waals surface area contributed by atoms with E-state index in [2.05, 4.69) is 31.4 Å². The van der Waals surface area contributed by atoms with Crippen molar-refractivity contribution in [2.45, 2.75) is 40.0 Å². The molecule has 0 aliphatic carbocycles. The zero-order valence-electron chi connectivity index (χ0n) is 17.0. The van der Waals surface area contributed by atoms with E-state index in [0.717, 1.165) is 32.5 Å². The number of hydrogen-bond donors (Lipinski definition) is 2.